The molecule has 2 saturated heterocycles. The number of nitrogens with zero attached hydrogens (tertiary/aromatic N) is 9. The fraction of sp³-hybridized carbons (Fsp3) is 0.407. The van der Waals surface area contributed by atoms with Crippen molar-refractivity contribution in [2.45, 2.75) is 25.5 Å². The third-order valence-electron chi connectivity index (χ3n) is 7.61. The quantitative estimate of drug-likeness (QED) is 0.296. The molecular formula is C27H28FN9O4S2. The summed E-state index contributed by atoms with van der Waals surface area (Å²) in [6, 6.07) is 7.12. The predicted molar refractivity (Wildman–Crippen MR) is 158 cm³/mol. The zero-order chi connectivity index (χ0) is 30.4. The summed E-state index contributed by atoms with van der Waals surface area (Å²) in [4.78, 5) is 42.2. The second kappa shape index (κ2) is 11.5. The molecule has 0 unspecified atom stereocenters. The van der Waals surface area contributed by atoms with Crippen LogP contribution in [0.4, 0.5) is 20.5 Å². The molecule has 0 aliphatic carbocycles. The predicted octanol–water partition coefficient (Wildman–Crippen LogP) is 2.03. The molecule has 0 spiro atoms. The number of carboxylic acid groups (broad SMARTS) is 1. The number of aliphatic hydroxyl groups excluding tert-OH is 1. The van der Waals surface area contributed by atoms with Crippen molar-refractivity contribution in [1.82, 2.24) is 29.4 Å². The lowest BCUT2D eigenvalue weighted by Crippen LogP contribution is -2.61. The number of likely N-dealkylation sites (tertiary alicyclic amines) is 1. The Hall–Kier alpha value is -4.17. The van der Waals surface area contributed by atoms with Gasteiger partial charge in [-0.25, -0.2) is 14.4 Å². The van der Waals surface area contributed by atoms with E-state index >= 15 is 0 Å². The lowest BCUT2D eigenvalue weighted by Gasteiger charge is -2.41. The molecule has 0 bridgehead atoms. The lowest BCUT2D eigenvalue weighted by molar-refractivity contribution is -0.148. The van der Waals surface area contributed by atoms with Crippen molar-refractivity contribution >= 4 is 55.6 Å². The fourth-order valence-electron chi connectivity index (χ4n) is 5.24. The number of fused-ring (bicyclic) bond motifs is 1. The van der Waals surface area contributed by atoms with Crippen molar-refractivity contribution < 1.29 is 24.2 Å². The van der Waals surface area contributed by atoms with Crippen LogP contribution < -0.4 is 9.80 Å². The molecule has 6 rings (SSSR count). The minimum Gasteiger partial charge on any atom is -0.480 e. The molecule has 224 valence electrons. The number of imidazole rings is 1. The first-order valence-corrected chi connectivity index (χ1v) is 15.3. The number of hydrogen-bond donors (Lipinski definition) is 2. The Morgan fingerprint density at radius 2 is 1.91 bits per heavy atom. The van der Waals surface area contributed by atoms with Crippen molar-refractivity contribution in [2.75, 3.05) is 56.1 Å². The Morgan fingerprint density at radius 3 is 2.56 bits per heavy atom. The Labute approximate surface area is 253 Å². The van der Waals surface area contributed by atoms with E-state index in [2.05, 4.69) is 6.07 Å². The minimum absolute atomic E-state index is 0.0219. The molecule has 13 nitrogen and oxygen atoms in total. The third kappa shape index (κ3) is 5.40. The molecule has 2 aliphatic heterocycles. The average molecular weight is 626 g/mol. The number of nitriles is 1. The fourth-order valence-corrected chi connectivity index (χ4v) is 7.04. The number of aliphatic carboxylic acids is 1. The number of hydrogen-bond acceptors (Lipinski definition) is 12. The summed E-state index contributed by atoms with van der Waals surface area (Å²) in [7, 11) is 1.82. The van der Waals surface area contributed by atoms with Crippen LogP contribution in [0, 0.1) is 17.1 Å². The van der Waals surface area contributed by atoms with E-state index in [-0.39, 0.29) is 37.9 Å². The molecule has 2 aliphatic rings. The average Bonchev–Trinajstić information content (AvgIpc) is 3.68. The molecule has 3 aromatic heterocycles. The van der Waals surface area contributed by atoms with E-state index in [1.54, 1.807) is 21.5 Å². The maximum atomic E-state index is 13.5. The summed E-state index contributed by atoms with van der Waals surface area (Å²) >= 11 is 2.56. The van der Waals surface area contributed by atoms with Crippen LogP contribution in [0.2, 0.25) is 0 Å². The van der Waals surface area contributed by atoms with Crippen LogP contribution in [0.1, 0.15) is 17.5 Å². The molecule has 5 heterocycles. The first-order valence-electron chi connectivity index (χ1n) is 13.6. The highest BCUT2D eigenvalue weighted by Crippen LogP contribution is 2.38. The Bertz CT molecular complexity index is 1720. The number of thiazole rings is 1. The van der Waals surface area contributed by atoms with Gasteiger partial charge in [-0.1, -0.05) is 29.6 Å². The van der Waals surface area contributed by atoms with Crippen LogP contribution in [-0.2, 0) is 16.0 Å². The van der Waals surface area contributed by atoms with Crippen LogP contribution in [0.25, 0.3) is 16.2 Å². The van der Waals surface area contributed by atoms with Gasteiger partial charge in [0.2, 0.25) is 16.0 Å². The number of β-amino-alcohol motifs (C(OH)–C–C–N with tert-alkyl or cyclic N) is 1. The van der Waals surface area contributed by atoms with Crippen molar-refractivity contribution in [2.24, 2.45) is 0 Å². The number of aryl methyl sites for hydroxylation is 1. The van der Waals surface area contributed by atoms with E-state index in [1.807, 2.05) is 23.8 Å². The van der Waals surface area contributed by atoms with Crippen molar-refractivity contribution in [3.05, 3.63) is 40.7 Å². The van der Waals surface area contributed by atoms with Gasteiger partial charge in [-0.3, -0.25) is 14.5 Å². The Balaban J connectivity index is 1.26. The van der Waals surface area contributed by atoms with Gasteiger partial charge >= 0.3 is 5.97 Å². The summed E-state index contributed by atoms with van der Waals surface area (Å²) in [5.41, 5.74) is 1.89. The van der Waals surface area contributed by atoms with E-state index in [1.165, 1.54) is 39.7 Å². The molecule has 16 heteroatoms. The first kappa shape index (κ1) is 28.9. The number of anilines is 3. The molecule has 2 N–H and O–H groups in total. The van der Waals surface area contributed by atoms with E-state index in [9.17, 15) is 29.5 Å². The summed E-state index contributed by atoms with van der Waals surface area (Å²) in [5, 5.41) is 35.2. The number of aromatic nitrogens is 4. The zero-order valence-electron chi connectivity index (χ0n) is 23.3. The highest BCUT2D eigenvalue weighted by atomic mass is 32.1. The summed E-state index contributed by atoms with van der Waals surface area (Å²) < 4.78 is 15.2. The SMILES string of the molecule is CCc1nc2sc(N3CCN(CC(=O)N4CC(O)C4)[C@H](C(=O)O)C3)nn2c1N(C)c1nc(-c2ccc(F)cc2)c(C#N)s1. The smallest absolute Gasteiger partial charge is 0.322 e. The largest absolute Gasteiger partial charge is 0.480 e. The number of rotatable bonds is 8. The van der Waals surface area contributed by atoms with Crippen LogP contribution in [0.3, 0.4) is 0 Å². The third-order valence-corrected chi connectivity index (χ3v) is 9.62. The van der Waals surface area contributed by atoms with Crippen molar-refractivity contribution in [3.63, 3.8) is 0 Å². The molecular weight excluding hydrogens is 597 g/mol. The number of carboxylic acids is 1. The van der Waals surface area contributed by atoms with Gasteiger partial charge in [-0.15, -0.1) is 5.10 Å². The standard InChI is InChI=1S/C27H28FN9O4S2/c1-3-18-23(33(2)25-31-22(20(10-29)42-25)15-4-6-16(28)7-5-15)37-26(30-18)43-27(32-37)35-9-8-34(19(13-35)24(40)41)14-21(39)36-11-17(38)12-36/h4-7,17,19,38H,3,8-9,11-14H2,1-2H3,(H,40,41)/t19-/m0/s1. The van der Waals surface area contributed by atoms with E-state index < -0.39 is 18.1 Å². The number of piperazine rings is 1. The van der Waals surface area contributed by atoms with Gasteiger partial charge in [0.1, 0.15) is 28.5 Å². The Morgan fingerprint density at radius 1 is 1.16 bits per heavy atom. The summed E-state index contributed by atoms with van der Waals surface area (Å²) in [5.74, 6) is -0.910. The highest BCUT2D eigenvalue weighted by molar-refractivity contribution is 7.20. The van der Waals surface area contributed by atoms with Crippen molar-refractivity contribution in [3.8, 4) is 17.3 Å². The number of amides is 1. The van der Waals surface area contributed by atoms with E-state index in [0.29, 0.717) is 56.7 Å². The Kier molecular flexibility index (Phi) is 7.73. The lowest BCUT2D eigenvalue weighted by atomic mass is 10.1. The summed E-state index contributed by atoms with van der Waals surface area (Å²) in [6.45, 7) is 3.49. The second-order valence-corrected chi connectivity index (χ2v) is 12.3. The molecule has 4 aromatic rings. The first-order chi connectivity index (χ1) is 20.7. The maximum absolute atomic E-state index is 13.5. The normalized spacial score (nSPS) is 17.7. The van der Waals surface area contributed by atoms with Gasteiger partial charge in [0.25, 0.3) is 0 Å². The number of halogens is 1. The molecule has 0 radical (unpaired) electrons. The molecule has 1 atom stereocenters. The van der Waals surface area contributed by atoms with Gasteiger partial charge in [0, 0.05) is 45.3 Å². The molecule has 43 heavy (non-hydrogen) atoms. The van der Waals surface area contributed by atoms with Gasteiger partial charge in [0.05, 0.1) is 18.3 Å². The van der Waals surface area contributed by atoms with Crippen LogP contribution >= 0.6 is 22.7 Å². The molecule has 1 aromatic carbocycles. The molecule has 2 fully saturated rings. The topological polar surface area (TPSA) is 154 Å². The van der Waals surface area contributed by atoms with Gasteiger partial charge in [-0.2, -0.15) is 9.78 Å². The van der Waals surface area contributed by atoms with E-state index in [4.69, 9.17) is 15.1 Å². The monoisotopic (exact) mass is 625 g/mol. The molecule has 1 amide bonds. The second-order valence-electron chi connectivity index (χ2n) is 10.4. The zero-order valence-corrected chi connectivity index (χ0v) is 25.0. The minimum atomic E-state index is -1.02. The summed E-state index contributed by atoms with van der Waals surface area (Å²) in [6.07, 6.45) is 0.103. The highest BCUT2D eigenvalue weighted by Gasteiger charge is 2.37. The van der Waals surface area contributed by atoms with Gasteiger partial charge in [0.15, 0.2) is 10.9 Å². The number of carbonyl (C=O) groups excluding carboxylic acids is 1. The van der Waals surface area contributed by atoms with Crippen LogP contribution in [-0.4, -0.2) is 110 Å². The molecule has 0 saturated carbocycles. The van der Waals surface area contributed by atoms with Crippen LogP contribution in [0.5, 0.6) is 0 Å². The van der Waals surface area contributed by atoms with Gasteiger partial charge < -0.3 is 24.9 Å². The van der Waals surface area contributed by atoms with Gasteiger partial charge in [-0.05, 0) is 30.7 Å². The number of carbonyl (C=O) groups is 2. The van der Waals surface area contributed by atoms with E-state index in [0.717, 1.165) is 5.69 Å². The number of benzene rings is 1. The maximum Gasteiger partial charge on any atom is 0.322 e. The number of aliphatic hydroxyl groups is 1. The van der Waals surface area contributed by atoms with Crippen LogP contribution in [0.15, 0.2) is 24.3 Å². The van der Waals surface area contributed by atoms with Crippen molar-refractivity contribution in [1.29, 1.82) is 5.26 Å².